The summed E-state index contributed by atoms with van der Waals surface area (Å²) in [6.07, 6.45) is 2.42. The monoisotopic (exact) mass is 205 g/mol. The molecule has 0 spiro atoms. The minimum absolute atomic E-state index is 0.153. The highest BCUT2D eigenvalue weighted by atomic mass is 16.1. The lowest BCUT2D eigenvalue weighted by molar-refractivity contribution is -0.121. The Hall–Kier alpha value is -1.31. The van der Waals surface area contributed by atoms with Crippen LogP contribution in [0.25, 0.3) is 0 Å². The minimum atomic E-state index is 0.153. The first-order valence-electron chi connectivity index (χ1n) is 5.55. The summed E-state index contributed by atoms with van der Waals surface area (Å²) in [5.41, 5.74) is 2.53. The number of carbonyl (C=O) groups excluding carboxylic acids is 1. The number of aryl methyl sites for hydroxylation is 2. The average molecular weight is 205 g/mol. The topological polar surface area (TPSA) is 29.1 Å². The lowest BCUT2D eigenvalue weighted by Gasteiger charge is -2.05. The van der Waals surface area contributed by atoms with Crippen molar-refractivity contribution in [1.29, 1.82) is 0 Å². The summed E-state index contributed by atoms with van der Waals surface area (Å²) >= 11 is 0. The van der Waals surface area contributed by atoms with Gasteiger partial charge in [0.05, 0.1) is 0 Å². The molecule has 0 atom stereocenters. The van der Waals surface area contributed by atoms with Crippen molar-refractivity contribution >= 4 is 5.91 Å². The number of hydrogen-bond acceptors (Lipinski definition) is 1. The highest BCUT2D eigenvalue weighted by molar-refractivity contribution is 5.76. The smallest absolute Gasteiger partial charge is 0.220 e. The molecule has 1 aromatic rings. The maximum atomic E-state index is 11.4. The van der Waals surface area contributed by atoms with Crippen LogP contribution in [0.15, 0.2) is 24.3 Å². The predicted octanol–water partition coefficient (Wildman–Crippen LogP) is 2.45. The van der Waals surface area contributed by atoms with E-state index in [0.29, 0.717) is 6.42 Å². The first-order chi connectivity index (χ1) is 7.24. The van der Waals surface area contributed by atoms with Gasteiger partial charge in [-0.15, -0.1) is 0 Å². The fourth-order valence-corrected chi connectivity index (χ4v) is 1.49. The van der Waals surface area contributed by atoms with Gasteiger partial charge in [0.2, 0.25) is 5.91 Å². The van der Waals surface area contributed by atoms with E-state index in [0.717, 1.165) is 19.4 Å². The molecule has 82 valence electrons. The van der Waals surface area contributed by atoms with Crippen molar-refractivity contribution in [2.45, 2.75) is 33.1 Å². The Bertz CT molecular complexity index is 320. The summed E-state index contributed by atoms with van der Waals surface area (Å²) in [6.45, 7) is 4.92. The number of benzene rings is 1. The van der Waals surface area contributed by atoms with E-state index < -0.39 is 0 Å². The quantitative estimate of drug-likeness (QED) is 0.786. The largest absolute Gasteiger partial charge is 0.356 e. The van der Waals surface area contributed by atoms with Crippen LogP contribution in [0.5, 0.6) is 0 Å². The van der Waals surface area contributed by atoms with Gasteiger partial charge in [0.15, 0.2) is 0 Å². The molecule has 0 radical (unpaired) electrons. The summed E-state index contributed by atoms with van der Waals surface area (Å²) in [5, 5.41) is 2.88. The van der Waals surface area contributed by atoms with E-state index in [1.807, 2.05) is 12.1 Å². The number of nitrogens with one attached hydrogen (secondary N) is 1. The van der Waals surface area contributed by atoms with E-state index in [-0.39, 0.29) is 5.91 Å². The van der Waals surface area contributed by atoms with E-state index in [9.17, 15) is 4.79 Å². The number of rotatable bonds is 5. The second-order valence-electron chi connectivity index (χ2n) is 3.78. The minimum Gasteiger partial charge on any atom is -0.356 e. The number of amides is 1. The fraction of sp³-hybridized carbons (Fsp3) is 0.462. The third-order valence-corrected chi connectivity index (χ3v) is 2.45. The van der Waals surface area contributed by atoms with Crippen LogP contribution in [0.2, 0.25) is 0 Å². The lowest BCUT2D eigenvalue weighted by atomic mass is 10.0. The Kier molecular flexibility index (Phi) is 4.88. The Balaban J connectivity index is 2.37. The Morgan fingerprint density at radius 1 is 1.33 bits per heavy atom. The van der Waals surface area contributed by atoms with Gasteiger partial charge in [0, 0.05) is 13.0 Å². The third kappa shape index (κ3) is 4.15. The standard InChI is InChI=1S/C13H19NO/c1-3-10-14-13(15)9-8-12-7-5-4-6-11(12)2/h4-7H,3,8-10H2,1-2H3,(H,14,15). The van der Waals surface area contributed by atoms with Crippen LogP contribution in [0.3, 0.4) is 0 Å². The average Bonchev–Trinajstić information content (AvgIpc) is 2.25. The summed E-state index contributed by atoms with van der Waals surface area (Å²) in [5.74, 6) is 0.153. The molecule has 1 N–H and O–H groups in total. The maximum Gasteiger partial charge on any atom is 0.220 e. The highest BCUT2D eigenvalue weighted by Crippen LogP contribution is 2.09. The van der Waals surface area contributed by atoms with Gasteiger partial charge >= 0.3 is 0 Å². The van der Waals surface area contributed by atoms with Gasteiger partial charge in [0.1, 0.15) is 0 Å². The molecular weight excluding hydrogens is 186 g/mol. The summed E-state index contributed by atoms with van der Waals surface area (Å²) < 4.78 is 0. The van der Waals surface area contributed by atoms with Crippen molar-refractivity contribution in [3.05, 3.63) is 35.4 Å². The number of hydrogen-bond donors (Lipinski definition) is 1. The number of carbonyl (C=O) groups is 1. The summed E-state index contributed by atoms with van der Waals surface area (Å²) in [4.78, 5) is 11.4. The van der Waals surface area contributed by atoms with E-state index in [4.69, 9.17) is 0 Å². The molecule has 0 aliphatic heterocycles. The molecule has 0 aliphatic carbocycles. The molecule has 0 fully saturated rings. The van der Waals surface area contributed by atoms with Crippen LogP contribution < -0.4 is 5.32 Å². The molecule has 0 saturated heterocycles. The zero-order chi connectivity index (χ0) is 11.1. The lowest BCUT2D eigenvalue weighted by Crippen LogP contribution is -2.24. The predicted molar refractivity (Wildman–Crippen MR) is 62.8 cm³/mol. The van der Waals surface area contributed by atoms with Crippen molar-refractivity contribution in [2.75, 3.05) is 6.54 Å². The molecule has 2 heteroatoms. The third-order valence-electron chi connectivity index (χ3n) is 2.45. The van der Waals surface area contributed by atoms with Gasteiger partial charge in [-0.1, -0.05) is 31.2 Å². The van der Waals surface area contributed by atoms with Crippen LogP contribution in [0.1, 0.15) is 30.9 Å². The van der Waals surface area contributed by atoms with Crippen LogP contribution in [0.4, 0.5) is 0 Å². The molecule has 0 saturated carbocycles. The van der Waals surface area contributed by atoms with E-state index >= 15 is 0 Å². The van der Waals surface area contributed by atoms with E-state index in [2.05, 4.69) is 31.3 Å². The van der Waals surface area contributed by atoms with Gasteiger partial charge in [-0.25, -0.2) is 0 Å². The van der Waals surface area contributed by atoms with Gasteiger partial charge < -0.3 is 5.32 Å². The molecule has 0 heterocycles. The first-order valence-corrected chi connectivity index (χ1v) is 5.55. The molecule has 1 amide bonds. The Morgan fingerprint density at radius 3 is 2.73 bits per heavy atom. The SMILES string of the molecule is CCCNC(=O)CCc1ccccc1C. The summed E-state index contributed by atoms with van der Waals surface area (Å²) in [6, 6.07) is 8.21. The normalized spacial score (nSPS) is 10.0. The molecule has 1 aromatic carbocycles. The molecule has 0 unspecified atom stereocenters. The molecule has 0 aliphatic rings. The van der Waals surface area contributed by atoms with E-state index in [1.165, 1.54) is 11.1 Å². The molecule has 1 rings (SSSR count). The zero-order valence-corrected chi connectivity index (χ0v) is 9.55. The van der Waals surface area contributed by atoms with Crippen molar-refractivity contribution in [2.24, 2.45) is 0 Å². The fourth-order valence-electron chi connectivity index (χ4n) is 1.49. The van der Waals surface area contributed by atoms with Crippen molar-refractivity contribution in [3.63, 3.8) is 0 Å². The zero-order valence-electron chi connectivity index (χ0n) is 9.55. The van der Waals surface area contributed by atoms with Crippen molar-refractivity contribution in [1.82, 2.24) is 5.32 Å². The molecule has 0 bridgehead atoms. The van der Waals surface area contributed by atoms with Gasteiger partial charge in [-0.2, -0.15) is 0 Å². The van der Waals surface area contributed by atoms with Gasteiger partial charge in [0.25, 0.3) is 0 Å². The Labute approximate surface area is 91.7 Å². The highest BCUT2D eigenvalue weighted by Gasteiger charge is 2.02. The van der Waals surface area contributed by atoms with Crippen LogP contribution in [-0.4, -0.2) is 12.5 Å². The van der Waals surface area contributed by atoms with Crippen LogP contribution in [0, 0.1) is 6.92 Å². The molecule has 2 nitrogen and oxygen atoms in total. The van der Waals surface area contributed by atoms with Crippen LogP contribution >= 0.6 is 0 Å². The van der Waals surface area contributed by atoms with Gasteiger partial charge in [-0.05, 0) is 30.9 Å². The second kappa shape index (κ2) is 6.23. The maximum absolute atomic E-state index is 11.4. The Morgan fingerprint density at radius 2 is 2.07 bits per heavy atom. The van der Waals surface area contributed by atoms with Crippen molar-refractivity contribution in [3.8, 4) is 0 Å². The molecule has 0 aromatic heterocycles. The second-order valence-corrected chi connectivity index (χ2v) is 3.78. The summed E-state index contributed by atoms with van der Waals surface area (Å²) in [7, 11) is 0. The van der Waals surface area contributed by atoms with E-state index in [1.54, 1.807) is 0 Å². The first kappa shape index (κ1) is 11.8. The molecular formula is C13H19NO. The van der Waals surface area contributed by atoms with Crippen molar-refractivity contribution < 1.29 is 4.79 Å². The van der Waals surface area contributed by atoms with Gasteiger partial charge in [-0.3, -0.25) is 4.79 Å². The van der Waals surface area contributed by atoms with Crippen LogP contribution in [-0.2, 0) is 11.2 Å². The molecule has 15 heavy (non-hydrogen) atoms.